The average molecular weight is 300 g/mol. The first-order valence-electron chi connectivity index (χ1n) is 7.02. The second kappa shape index (κ2) is 5.08. The Morgan fingerprint density at radius 2 is 1.05 bits per heavy atom. The summed E-state index contributed by atoms with van der Waals surface area (Å²) in [5.41, 5.74) is 14.4. The van der Waals surface area contributed by atoms with E-state index in [4.69, 9.17) is 30.4 Å². The number of hydrogen-bond acceptors (Lipinski definition) is 6. The predicted molar refractivity (Wildman–Crippen MR) is 79.0 cm³/mol. The van der Waals surface area contributed by atoms with Gasteiger partial charge in [0.2, 0.25) is 13.6 Å². The molecule has 0 saturated heterocycles. The summed E-state index contributed by atoms with van der Waals surface area (Å²) in [6.45, 7) is 0.477. The molecule has 0 aromatic heterocycles. The number of fused-ring (bicyclic) bond motifs is 2. The molecule has 0 spiro atoms. The fraction of sp³-hybridized carbons (Fsp3) is 0.250. The Bertz CT molecular complexity index is 658. The quantitative estimate of drug-likeness (QED) is 0.899. The summed E-state index contributed by atoms with van der Waals surface area (Å²) in [6.07, 6.45) is 0. The van der Waals surface area contributed by atoms with Crippen LogP contribution in [0.4, 0.5) is 0 Å². The minimum Gasteiger partial charge on any atom is -0.454 e. The number of benzene rings is 2. The molecule has 2 aliphatic rings. The fourth-order valence-electron chi connectivity index (χ4n) is 2.66. The van der Waals surface area contributed by atoms with E-state index in [1.807, 2.05) is 36.4 Å². The van der Waals surface area contributed by atoms with Gasteiger partial charge >= 0.3 is 0 Å². The van der Waals surface area contributed by atoms with Crippen LogP contribution < -0.4 is 30.4 Å². The molecule has 0 saturated carbocycles. The number of ether oxygens (including phenoxy) is 4. The third-order valence-electron chi connectivity index (χ3n) is 3.95. The monoisotopic (exact) mass is 300 g/mol. The van der Waals surface area contributed by atoms with Gasteiger partial charge in [-0.1, -0.05) is 12.1 Å². The summed E-state index contributed by atoms with van der Waals surface area (Å²) < 4.78 is 21.4. The van der Waals surface area contributed by atoms with Crippen molar-refractivity contribution in [1.29, 1.82) is 0 Å². The molecule has 0 bridgehead atoms. The highest BCUT2D eigenvalue weighted by molar-refractivity contribution is 5.48. The molecule has 114 valence electrons. The van der Waals surface area contributed by atoms with Crippen LogP contribution in [-0.4, -0.2) is 13.6 Å². The van der Waals surface area contributed by atoms with Gasteiger partial charge < -0.3 is 30.4 Å². The van der Waals surface area contributed by atoms with Gasteiger partial charge in [-0.2, -0.15) is 0 Å². The van der Waals surface area contributed by atoms with Crippen LogP contribution >= 0.6 is 0 Å². The zero-order valence-corrected chi connectivity index (χ0v) is 11.8. The lowest BCUT2D eigenvalue weighted by molar-refractivity contribution is 0.173. The number of hydrogen-bond donors (Lipinski definition) is 2. The lowest BCUT2D eigenvalue weighted by Gasteiger charge is -2.21. The second-order valence-corrected chi connectivity index (χ2v) is 5.28. The van der Waals surface area contributed by atoms with Crippen molar-refractivity contribution in [3.8, 4) is 23.0 Å². The Labute approximate surface area is 127 Å². The molecule has 0 unspecified atom stereocenters. The average Bonchev–Trinajstić information content (AvgIpc) is 3.20. The molecule has 6 heteroatoms. The van der Waals surface area contributed by atoms with Crippen molar-refractivity contribution in [3.05, 3.63) is 47.5 Å². The van der Waals surface area contributed by atoms with Gasteiger partial charge in [-0.05, 0) is 35.4 Å². The topological polar surface area (TPSA) is 89.0 Å². The van der Waals surface area contributed by atoms with E-state index in [0.29, 0.717) is 11.5 Å². The highest BCUT2D eigenvalue weighted by Crippen LogP contribution is 2.38. The van der Waals surface area contributed by atoms with E-state index in [1.165, 1.54) is 0 Å². The first-order valence-corrected chi connectivity index (χ1v) is 7.02. The molecule has 0 amide bonds. The van der Waals surface area contributed by atoms with Crippen molar-refractivity contribution < 1.29 is 18.9 Å². The van der Waals surface area contributed by atoms with Crippen LogP contribution in [0.1, 0.15) is 23.2 Å². The van der Waals surface area contributed by atoms with Crippen molar-refractivity contribution in [2.75, 3.05) is 13.6 Å². The van der Waals surface area contributed by atoms with Crippen LogP contribution in [0.5, 0.6) is 23.0 Å². The van der Waals surface area contributed by atoms with Gasteiger partial charge in [0, 0.05) is 12.1 Å². The third kappa shape index (κ3) is 2.13. The van der Waals surface area contributed by atoms with Crippen molar-refractivity contribution >= 4 is 0 Å². The van der Waals surface area contributed by atoms with Gasteiger partial charge in [0.15, 0.2) is 23.0 Å². The van der Waals surface area contributed by atoms with Crippen LogP contribution in [0.15, 0.2) is 36.4 Å². The van der Waals surface area contributed by atoms with Gasteiger partial charge in [-0.3, -0.25) is 0 Å². The Kier molecular flexibility index (Phi) is 3.06. The van der Waals surface area contributed by atoms with Crippen molar-refractivity contribution in [1.82, 2.24) is 0 Å². The van der Waals surface area contributed by atoms with Crippen LogP contribution in [0.3, 0.4) is 0 Å². The van der Waals surface area contributed by atoms with Gasteiger partial charge in [0.05, 0.1) is 0 Å². The zero-order valence-electron chi connectivity index (χ0n) is 11.8. The maximum atomic E-state index is 6.32. The second-order valence-electron chi connectivity index (χ2n) is 5.28. The van der Waals surface area contributed by atoms with E-state index in [2.05, 4.69) is 0 Å². The Balaban J connectivity index is 1.60. The van der Waals surface area contributed by atoms with Crippen molar-refractivity contribution in [3.63, 3.8) is 0 Å². The molecular weight excluding hydrogens is 284 g/mol. The van der Waals surface area contributed by atoms with E-state index in [9.17, 15) is 0 Å². The molecule has 2 aromatic carbocycles. The molecule has 4 rings (SSSR count). The molecule has 6 nitrogen and oxygen atoms in total. The predicted octanol–water partition coefficient (Wildman–Crippen LogP) is 1.84. The normalized spacial score (nSPS) is 17.4. The molecule has 0 fully saturated rings. The highest BCUT2D eigenvalue weighted by atomic mass is 16.7. The maximum Gasteiger partial charge on any atom is 0.231 e. The molecule has 0 radical (unpaired) electrons. The summed E-state index contributed by atoms with van der Waals surface area (Å²) in [5, 5.41) is 0. The molecule has 22 heavy (non-hydrogen) atoms. The van der Waals surface area contributed by atoms with Crippen LogP contribution in [0.2, 0.25) is 0 Å². The maximum absolute atomic E-state index is 6.32. The van der Waals surface area contributed by atoms with Crippen LogP contribution in [0.25, 0.3) is 0 Å². The first kappa shape index (κ1) is 13.2. The van der Waals surface area contributed by atoms with Crippen molar-refractivity contribution in [2.24, 2.45) is 11.5 Å². The zero-order chi connectivity index (χ0) is 15.1. The fourth-order valence-corrected chi connectivity index (χ4v) is 2.66. The standard InChI is InChI=1S/C16H16N2O4/c17-15(9-1-3-11-13(5-9)21-7-19-11)16(18)10-2-4-12-14(6-10)22-8-20-12/h1-6,15-16H,7-8,17-18H2/t15-,16-/m1/s1. The summed E-state index contributed by atoms with van der Waals surface area (Å²) in [5.74, 6) is 2.86. The summed E-state index contributed by atoms with van der Waals surface area (Å²) in [4.78, 5) is 0. The van der Waals surface area contributed by atoms with Crippen molar-refractivity contribution in [2.45, 2.75) is 12.1 Å². The molecule has 2 aromatic rings. The van der Waals surface area contributed by atoms with E-state index >= 15 is 0 Å². The van der Waals surface area contributed by atoms with Crippen LogP contribution in [0, 0.1) is 0 Å². The largest absolute Gasteiger partial charge is 0.454 e. The summed E-state index contributed by atoms with van der Waals surface area (Å²) in [7, 11) is 0. The number of rotatable bonds is 3. The van der Waals surface area contributed by atoms with Crippen LogP contribution in [-0.2, 0) is 0 Å². The molecule has 0 aliphatic carbocycles. The third-order valence-corrected chi connectivity index (χ3v) is 3.95. The number of nitrogens with two attached hydrogens (primary N) is 2. The summed E-state index contributed by atoms with van der Waals surface area (Å²) >= 11 is 0. The molecular formula is C16H16N2O4. The van der Waals surface area contributed by atoms with E-state index in [0.717, 1.165) is 22.6 Å². The van der Waals surface area contributed by atoms with E-state index in [1.54, 1.807) is 0 Å². The molecule has 2 heterocycles. The Morgan fingerprint density at radius 3 is 1.50 bits per heavy atom. The SMILES string of the molecule is N[C@H](c1ccc2c(c1)OCO2)[C@H](N)c1ccc2c(c1)OCO2. The first-order chi connectivity index (χ1) is 10.7. The summed E-state index contributed by atoms with van der Waals surface area (Å²) in [6, 6.07) is 10.5. The van der Waals surface area contributed by atoms with E-state index in [-0.39, 0.29) is 25.7 Å². The Hall–Kier alpha value is -2.44. The molecule has 2 atom stereocenters. The lowest BCUT2D eigenvalue weighted by Crippen LogP contribution is -2.26. The Morgan fingerprint density at radius 1 is 0.636 bits per heavy atom. The minimum atomic E-state index is -0.366. The van der Waals surface area contributed by atoms with E-state index < -0.39 is 0 Å². The van der Waals surface area contributed by atoms with Gasteiger partial charge in [0.1, 0.15) is 0 Å². The lowest BCUT2D eigenvalue weighted by atomic mass is 9.94. The smallest absolute Gasteiger partial charge is 0.231 e. The highest BCUT2D eigenvalue weighted by Gasteiger charge is 2.23. The van der Waals surface area contributed by atoms with Gasteiger partial charge in [0.25, 0.3) is 0 Å². The minimum absolute atomic E-state index is 0.238. The molecule has 4 N–H and O–H groups in total. The van der Waals surface area contributed by atoms with Gasteiger partial charge in [-0.25, -0.2) is 0 Å². The van der Waals surface area contributed by atoms with Gasteiger partial charge in [-0.15, -0.1) is 0 Å². The molecule has 2 aliphatic heterocycles.